The van der Waals surface area contributed by atoms with Gasteiger partial charge in [-0.05, 0) is 30.3 Å². The van der Waals surface area contributed by atoms with Gasteiger partial charge >= 0.3 is 0 Å². The normalized spacial score (nSPS) is 11.0. The van der Waals surface area contributed by atoms with Crippen LogP contribution in [0.15, 0.2) is 85.1 Å². The molecular weight excluding hydrogens is 383 g/mol. The van der Waals surface area contributed by atoms with Crippen molar-refractivity contribution in [3.05, 3.63) is 96.6 Å². The number of nitrogens with one attached hydrogen (secondary N) is 1. The predicted molar refractivity (Wildman–Crippen MR) is 110 cm³/mol. The summed E-state index contributed by atoms with van der Waals surface area (Å²) in [5.41, 5.74) is 3.16. The molecule has 30 heavy (non-hydrogen) atoms. The number of para-hydroxylation sites is 1. The van der Waals surface area contributed by atoms with Crippen molar-refractivity contribution in [3.8, 4) is 16.9 Å². The molecular formula is C22H15FN6O. The first kappa shape index (κ1) is 17.7. The number of hydrogen-bond donors (Lipinski definition) is 1. The first-order chi connectivity index (χ1) is 14.7. The van der Waals surface area contributed by atoms with Crippen LogP contribution in [-0.4, -0.2) is 30.3 Å². The van der Waals surface area contributed by atoms with Crippen LogP contribution in [-0.2, 0) is 0 Å². The third-order valence-electron chi connectivity index (χ3n) is 4.53. The number of carbonyl (C=O) groups excluding carboxylic acids is 1. The smallest absolute Gasteiger partial charge is 0.278 e. The molecule has 0 spiro atoms. The van der Waals surface area contributed by atoms with Gasteiger partial charge in [-0.15, -0.1) is 5.10 Å². The third kappa shape index (κ3) is 3.30. The predicted octanol–water partition coefficient (Wildman–Crippen LogP) is 3.97. The Morgan fingerprint density at radius 3 is 2.40 bits per heavy atom. The molecule has 0 saturated heterocycles. The number of benzene rings is 2. The van der Waals surface area contributed by atoms with Crippen LogP contribution in [0, 0.1) is 5.82 Å². The van der Waals surface area contributed by atoms with Crippen molar-refractivity contribution < 1.29 is 9.18 Å². The van der Waals surface area contributed by atoms with Gasteiger partial charge in [0.15, 0.2) is 11.3 Å². The lowest BCUT2D eigenvalue weighted by molar-refractivity contribution is 0.102. The number of amides is 1. The largest absolute Gasteiger partial charge is 0.288 e. The molecule has 5 rings (SSSR count). The van der Waals surface area contributed by atoms with Gasteiger partial charge in [0.25, 0.3) is 5.91 Å². The summed E-state index contributed by atoms with van der Waals surface area (Å²) in [6, 6.07) is 23.7. The standard InChI is InChI=1S/C22H15FN6O/c23-16-11-12-20-24-22(27-28(20)14-16)25-21(30)18-13-19(15-7-3-1-4-8-15)29(26-18)17-9-5-2-6-10-17/h1-14H,(H,25,27,30). The lowest BCUT2D eigenvalue weighted by Gasteiger charge is -2.07. The summed E-state index contributed by atoms with van der Waals surface area (Å²) in [4.78, 5) is 17.0. The van der Waals surface area contributed by atoms with Crippen LogP contribution >= 0.6 is 0 Å². The summed E-state index contributed by atoms with van der Waals surface area (Å²) in [6.45, 7) is 0. The van der Waals surface area contributed by atoms with Gasteiger partial charge < -0.3 is 0 Å². The van der Waals surface area contributed by atoms with E-state index < -0.39 is 11.7 Å². The molecule has 5 aromatic rings. The van der Waals surface area contributed by atoms with Gasteiger partial charge in [-0.25, -0.2) is 13.6 Å². The Balaban J connectivity index is 1.52. The number of aromatic nitrogens is 5. The Morgan fingerprint density at radius 1 is 0.900 bits per heavy atom. The molecule has 0 unspecified atom stereocenters. The molecule has 0 atom stereocenters. The van der Waals surface area contributed by atoms with Crippen molar-refractivity contribution in [2.75, 3.05) is 5.32 Å². The van der Waals surface area contributed by atoms with Gasteiger partial charge in [-0.2, -0.15) is 10.1 Å². The van der Waals surface area contributed by atoms with E-state index in [9.17, 15) is 9.18 Å². The average molecular weight is 398 g/mol. The number of carbonyl (C=O) groups is 1. The van der Waals surface area contributed by atoms with Crippen molar-refractivity contribution in [2.45, 2.75) is 0 Å². The van der Waals surface area contributed by atoms with E-state index in [0.29, 0.717) is 5.65 Å². The summed E-state index contributed by atoms with van der Waals surface area (Å²) >= 11 is 0. The summed E-state index contributed by atoms with van der Waals surface area (Å²) in [5.74, 6) is -0.834. The maximum absolute atomic E-state index is 13.4. The minimum atomic E-state index is -0.460. The number of nitrogens with zero attached hydrogens (tertiary/aromatic N) is 5. The Labute approximate surface area is 170 Å². The zero-order valence-electron chi connectivity index (χ0n) is 15.6. The van der Waals surface area contributed by atoms with Gasteiger partial charge in [0, 0.05) is 5.56 Å². The van der Waals surface area contributed by atoms with Crippen LogP contribution in [0.1, 0.15) is 10.5 Å². The number of hydrogen-bond acceptors (Lipinski definition) is 4. The van der Waals surface area contributed by atoms with E-state index in [1.807, 2.05) is 60.7 Å². The molecule has 8 heteroatoms. The first-order valence-electron chi connectivity index (χ1n) is 9.21. The van der Waals surface area contributed by atoms with Gasteiger partial charge in [0.2, 0.25) is 5.95 Å². The highest BCUT2D eigenvalue weighted by atomic mass is 19.1. The van der Waals surface area contributed by atoms with Crippen LogP contribution in [0.2, 0.25) is 0 Å². The molecule has 0 radical (unpaired) electrons. The molecule has 1 N–H and O–H groups in total. The quantitative estimate of drug-likeness (QED) is 0.497. The highest BCUT2D eigenvalue weighted by Gasteiger charge is 2.18. The molecule has 3 aromatic heterocycles. The molecule has 0 bridgehead atoms. The van der Waals surface area contributed by atoms with Crippen LogP contribution in [0.5, 0.6) is 0 Å². The molecule has 7 nitrogen and oxygen atoms in total. The Kier molecular flexibility index (Phi) is 4.29. The molecule has 0 aliphatic carbocycles. The highest BCUT2D eigenvalue weighted by molar-refractivity contribution is 6.02. The second kappa shape index (κ2) is 7.25. The van der Waals surface area contributed by atoms with Gasteiger partial charge in [0.1, 0.15) is 5.82 Å². The lowest BCUT2D eigenvalue weighted by Crippen LogP contribution is -2.14. The van der Waals surface area contributed by atoms with E-state index in [1.165, 1.54) is 22.8 Å². The van der Waals surface area contributed by atoms with Gasteiger partial charge in [0.05, 0.1) is 17.6 Å². The number of pyridine rings is 1. The molecule has 0 saturated carbocycles. The van der Waals surface area contributed by atoms with Crippen LogP contribution in [0.4, 0.5) is 10.3 Å². The Hall–Kier alpha value is -4.33. The fourth-order valence-corrected chi connectivity index (χ4v) is 3.15. The monoisotopic (exact) mass is 398 g/mol. The molecule has 3 heterocycles. The van der Waals surface area contributed by atoms with Crippen LogP contribution in [0.25, 0.3) is 22.6 Å². The summed E-state index contributed by atoms with van der Waals surface area (Å²) in [7, 11) is 0. The number of halogens is 1. The van der Waals surface area contributed by atoms with Gasteiger partial charge in [-0.3, -0.25) is 10.1 Å². The van der Waals surface area contributed by atoms with Crippen molar-refractivity contribution in [1.82, 2.24) is 24.4 Å². The minimum absolute atomic E-state index is 0.0705. The number of anilines is 1. The highest BCUT2D eigenvalue weighted by Crippen LogP contribution is 2.24. The lowest BCUT2D eigenvalue weighted by atomic mass is 10.1. The molecule has 0 fully saturated rings. The van der Waals surface area contributed by atoms with Crippen LogP contribution in [0.3, 0.4) is 0 Å². The third-order valence-corrected chi connectivity index (χ3v) is 4.53. The van der Waals surface area contributed by atoms with Crippen molar-refractivity contribution >= 4 is 17.5 Å². The second-order valence-electron chi connectivity index (χ2n) is 6.57. The SMILES string of the molecule is O=C(Nc1nc2ccc(F)cn2n1)c1cc(-c2ccccc2)n(-c2ccccc2)n1. The van der Waals surface area contributed by atoms with Crippen LogP contribution < -0.4 is 5.32 Å². The number of rotatable bonds is 4. The van der Waals surface area contributed by atoms with Crippen molar-refractivity contribution in [3.63, 3.8) is 0 Å². The summed E-state index contributed by atoms with van der Waals surface area (Å²) in [5, 5.41) is 11.2. The van der Waals surface area contributed by atoms with Crippen molar-refractivity contribution in [1.29, 1.82) is 0 Å². The molecule has 146 valence electrons. The maximum Gasteiger partial charge on any atom is 0.278 e. The Morgan fingerprint density at radius 2 is 1.63 bits per heavy atom. The van der Waals surface area contributed by atoms with E-state index in [1.54, 1.807) is 10.7 Å². The molecule has 0 aliphatic heterocycles. The second-order valence-corrected chi connectivity index (χ2v) is 6.57. The molecule has 2 aromatic carbocycles. The minimum Gasteiger partial charge on any atom is -0.288 e. The molecule has 0 aliphatic rings. The first-order valence-corrected chi connectivity index (χ1v) is 9.21. The maximum atomic E-state index is 13.4. The van der Waals surface area contributed by atoms with Gasteiger partial charge in [-0.1, -0.05) is 48.5 Å². The topological polar surface area (TPSA) is 77.1 Å². The number of fused-ring (bicyclic) bond motifs is 1. The van der Waals surface area contributed by atoms with E-state index in [2.05, 4.69) is 20.5 Å². The zero-order valence-corrected chi connectivity index (χ0v) is 15.6. The average Bonchev–Trinajstić information content (AvgIpc) is 3.39. The molecule has 1 amide bonds. The van der Waals surface area contributed by atoms with E-state index in [4.69, 9.17) is 0 Å². The van der Waals surface area contributed by atoms with E-state index in [0.717, 1.165) is 16.9 Å². The summed E-state index contributed by atoms with van der Waals surface area (Å²) in [6.07, 6.45) is 1.19. The fourth-order valence-electron chi connectivity index (χ4n) is 3.15. The van der Waals surface area contributed by atoms with E-state index >= 15 is 0 Å². The van der Waals surface area contributed by atoms with Crippen molar-refractivity contribution in [2.24, 2.45) is 0 Å². The van der Waals surface area contributed by atoms with E-state index in [-0.39, 0.29) is 11.6 Å². The Bertz CT molecular complexity index is 1290. The summed E-state index contributed by atoms with van der Waals surface area (Å²) < 4.78 is 16.3. The fraction of sp³-hybridized carbons (Fsp3) is 0. The zero-order chi connectivity index (χ0) is 20.5.